The standard InChI is InChI=1S/C13H17BrN2O3/c1-18-11-6-10(14)12(19-2)5-9(11)7-16-4-3-15-13(17)8-16/h5-6H,3-4,7-8H2,1-2H3,(H,15,17). The monoisotopic (exact) mass is 328 g/mol. The van der Waals surface area contributed by atoms with Crippen LogP contribution in [0.4, 0.5) is 0 Å². The van der Waals surface area contributed by atoms with Crippen LogP contribution >= 0.6 is 15.9 Å². The van der Waals surface area contributed by atoms with Crippen molar-refractivity contribution in [3.05, 3.63) is 22.2 Å². The summed E-state index contributed by atoms with van der Waals surface area (Å²) in [6, 6.07) is 3.83. The Balaban J connectivity index is 2.20. The van der Waals surface area contributed by atoms with E-state index in [1.807, 2.05) is 12.1 Å². The topological polar surface area (TPSA) is 50.8 Å². The molecule has 0 spiro atoms. The Hall–Kier alpha value is -1.27. The number of benzene rings is 1. The van der Waals surface area contributed by atoms with Crippen molar-refractivity contribution in [2.24, 2.45) is 0 Å². The van der Waals surface area contributed by atoms with E-state index < -0.39 is 0 Å². The van der Waals surface area contributed by atoms with E-state index in [2.05, 4.69) is 26.1 Å². The summed E-state index contributed by atoms with van der Waals surface area (Å²) < 4.78 is 11.5. The summed E-state index contributed by atoms with van der Waals surface area (Å²) in [6.07, 6.45) is 0. The molecule has 6 heteroatoms. The number of halogens is 1. The van der Waals surface area contributed by atoms with Gasteiger partial charge in [-0.1, -0.05) is 0 Å². The van der Waals surface area contributed by atoms with Crippen LogP contribution in [0.25, 0.3) is 0 Å². The highest BCUT2D eigenvalue weighted by Gasteiger charge is 2.18. The van der Waals surface area contributed by atoms with Gasteiger partial charge in [0.1, 0.15) is 11.5 Å². The highest BCUT2D eigenvalue weighted by molar-refractivity contribution is 9.10. The number of methoxy groups -OCH3 is 2. The second kappa shape index (κ2) is 6.25. The zero-order chi connectivity index (χ0) is 13.8. The molecule has 1 fully saturated rings. The van der Waals surface area contributed by atoms with E-state index in [1.54, 1.807) is 14.2 Å². The lowest BCUT2D eigenvalue weighted by molar-refractivity contribution is -0.124. The fourth-order valence-corrected chi connectivity index (χ4v) is 2.60. The van der Waals surface area contributed by atoms with Crippen molar-refractivity contribution in [1.82, 2.24) is 10.2 Å². The molecule has 104 valence electrons. The molecule has 0 unspecified atom stereocenters. The Labute approximate surface area is 121 Å². The van der Waals surface area contributed by atoms with Gasteiger partial charge in [0.2, 0.25) is 5.91 Å². The summed E-state index contributed by atoms with van der Waals surface area (Å²) in [6.45, 7) is 2.61. The summed E-state index contributed by atoms with van der Waals surface area (Å²) in [5.41, 5.74) is 1.01. The molecule has 2 rings (SSSR count). The van der Waals surface area contributed by atoms with Gasteiger partial charge >= 0.3 is 0 Å². The number of ether oxygens (including phenoxy) is 2. The number of carbonyl (C=O) groups excluding carboxylic acids is 1. The molecule has 1 heterocycles. The first-order valence-corrected chi connectivity index (χ1v) is 6.82. The van der Waals surface area contributed by atoms with Crippen molar-refractivity contribution in [1.29, 1.82) is 0 Å². The Kier molecular flexibility index (Phi) is 4.66. The van der Waals surface area contributed by atoms with Crippen LogP contribution in [0.2, 0.25) is 0 Å². The van der Waals surface area contributed by atoms with E-state index in [0.29, 0.717) is 19.6 Å². The second-order valence-electron chi connectivity index (χ2n) is 4.36. The van der Waals surface area contributed by atoms with Gasteiger partial charge in [0.15, 0.2) is 0 Å². The Bertz CT molecular complexity index is 479. The van der Waals surface area contributed by atoms with Crippen LogP contribution in [0.1, 0.15) is 5.56 Å². The largest absolute Gasteiger partial charge is 0.496 e. The number of rotatable bonds is 4. The smallest absolute Gasteiger partial charge is 0.234 e. The van der Waals surface area contributed by atoms with Crippen molar-refractivity contribution in [2.45, 2.75) is 6.54 Å². The fourth-order valence-electron chi connectivity index (χ4n) is 2.11. The molecule has 5 nitrogen and oxygen atoms in total. The van der Waals surface area contributed by atoms with Crippen LogP contribution < -0.4 is 14.8 Å². The van der Waals surface area contributed by atoms with Gasteiger partial charge in [0.25, 0.3) is 0 Å². The average Bonchev–Trinajstić information content (AvgIpc) is 2.40. The van der Waals surface area contributed by atoms with E-state index in [-0.39, 0.29) is 5.91 Å². The quantitative estimate of drug-likeness (QED) is 0.907. The van der Waals surface area contributed by atoms with Crippen molar-refractivity contribution in [2.75, 3.05) is 33.9 Å². The number of piperazine rings is 1. The third-order valence-electron chi connectivity index (χ3n) is 3.07. The van der Waals surface area contributed by atoms with Gasteiger partial charge in [-0.05, 0) is 28.1 Å². The highest BCUT2D eigenvalue weighted by Crippen LogP contribution is 2.33. The van der Waals surface area contributed by atoms with E-state index in [4.69, 9.17) is 9.47 Å². The number of carbonyl (C=O) groups is 1. The molecule has 0 saturated carbocycles. The van der Waals surface area contributed by atoms with Gasteiger partial charge in [-0.2, -0.15) is 0 Å². The molecule has 0 aromatic heterocycles. The van der Waals surface area contributed by atoms with E-state index in [0.717, 1.165) is 28.1 Å². The second-order valence-corrected chi connectivity index (χ2v) is 5.21. The molecule has 0 aliphatic carbocycles. The molecule has 1 aromatic carbocycles. The summed E-state index contributed by atoms with van der Waals surface area (Å²) in [7, 11) is 3.27. The lowest BCUT2D eigenvalue weighted by Gasteiger charge is -2.27. The number of hydrogen-bond acceptors (Lipinski definition) is 4. The molecular formula is C13H17BrN2O3. The normalized spacial score (nSPS) is 16.1. The molecule has 1 saturated heterocycles. The van der Waals surface area contributed by atoms with Gasteiger partial charge in [-0.25, -0.2) is 0 Å². The minimum absolute atomic E-state index is 0.0642. The van der Waals surface area contributed by atoms with Gasteiger partial charge in [-0.3, -0.25) is 9.69 Å². The van der Waals surface area contributed by atoms with Gasteiger partial charge < -0.3 is 14.8 Å². The first-order chi connectivity index (χ1) is 9.13. The van der Waals surface area contributed by atoms with Crippen molar-refractivity contribution in [3.63, 3.8) is 0 Å². The van der Waals surface area contributed by atoms with Crippen molar-refractivity contribution in [3.8, 4) is 11.5 Å². The zero-order valence-electron chi connectivity index (χ0n) is 11.0. The Morgan fingerprint density at radius 1 is 1.32 bits per heavy atom. The van der Waals surface area contributed by atoms with Gasteiger partial charge in [0.05, 0.1) is 25.2 Å². The van der Waals surface area contributed by atoms with E-state index in [9.17, 15) is 4.79 Å². The Morgan fingerprint density at radius 3 is 2.68 bits per heavy atom. The Morgan fingerprint density at radius 2 is 2.05 bits per heavy atom. The maximum absolute atomic E-state index is 11.4. The third-order valence-corrected chi connectivity index (χ3v) is 3.69. The molecule has 0 radical (unpaired) electrons. The maximum atomic E-state index is 11.4. The van der Waals surface area contributed by atoms with Crippen LogP contribution in [0.15, 0.2) is 16.6 Å². The highest BCUT2D eigenvalue weighted by atomic mass is 79.9. The van der Waals surface area contributed by atoms with Crippen LogP contribution in [0.5, 0.6) is 11.5 Å². The molecular weight excluding hydrogens is 312 g/mol. The minimum Gasteiger partial charge on any atom is -0.496 e. The summed E-state index contributed by atoms with van der Waals surface area (Å²) in [4.78, 5) is 13.5. The van der Waals surface area contributed by atoms with Gasteiger partial charge in [0, 0.05) is 25.2 Å². The van der Waals surface area contributed by atoms with Crippen LogP contribution in [0.3, 0.4) is 0 Å². The minimum atomic E-state index is 0.0642. The van der Waals surface area contributed by atoms with E-state index in [1.165, 1.54) is 0 Å². The van der Waals surface area contributed by atoms with Crippen LogP contribution in [-0.4, -0.2) is 44.7 Å². The third kappa shape index (κ3) is 3.39. The SMILES string of the molecule is COc1cc(CN2CCNC(=O)C2)c(OC)cc1Br. The summed E-state index contributed by atoms with van der Waals surface area (Å²) >= 11 is 3.43. The average molecular weight is 329 g/mol. The lowest BCUT2D eigenvalue weighted by atomic mass is 10.1. The van der Waals surface area contributed by atoms with Crippen molar-refractivity contribution >= 4 is 21.8 Å². The number of amides is 1. The predicted octanol–water partition coefficient (Wildman–Crippen LogP) is 1.40. The molecule has 19 heavy (non-hydrogen) atoms. The van der Waals surface area contributed by atoms with Crippen molar-refractivity contribution < 1.29 is 14.3 Å². The molecule has 1 N–H and O–H groups in total. The molecule has 1 aromatic rings. The van der Waals surface area contributed by atoms with Crippen LogP contribution in [-0.2, 0) is 11.3 Å². The van der Waals surface area contributed by atoms with Crippen LogP contribution in [0, 0.1) is 0 Å². The predicted molar refractivity (Wildman–Crippen MR) is 75.5 cm³/mol. The fraction of sp³-hybridized carbons (Fsp3) is 0.462. The van der Waals surface area contributed by atoms with E-state index >= 15 is 0 Å². The number of nitrogens with one attached hydrogen (secondary N) is 1. The molecule has 1 aliphatic heterocycles. The van der Waals surface area contributed by atoms with Gasteiger partial charge in [-0.15, -0.1) is 0 Å². The maximum Gasteiger partial charge on any atom is 0.234 e. The lowest BCUT2D eigenvalue weighted by Crippen LogP contribution is -2.47. The molecule has 1 aliphatic rings. The molecule has 1 amide bonds. The first-order valence-electron chi connectivity index (χ1n) is 6.03. The molecule has 0 bridgehead atoms. The molecule has 0 atom stereocenters. The number of nitrogens with zero attached hydrogens (tertiary/aromatic N) is 1. The first kappa shape index (κ1) is 14.1. The summed E-state index contributed by atoms with van der Waals surface area (Å²) in [5.74, 6) is 1.62. The number of hydrogen-bond donors (Lipinski definition) is 1. The summed E-state index contributed by atoms with van der Waals surface area (Å²) in [5, 5.41) is 2.81. The zero-order valence-corrected chi connectivity index (χ0v) is 12.6.